The first-order valence-corrected chi connectivity index (χ1v) is 8.66. The van der Waals surface area contributed by atoms with Gasteiger partial charge in [-0.05, 0) is 17.5 Å². The molecule has 1 fully saturated rings. The molecule has 1 aromatic carbocycles. The average molecular weight is 409 g/mol. The average Bonchev–Trinajstić information content (AvgIpc) is 2.54. The highest BCUT2D eigenvalue weighted by molar-refractivity contribution is 6.43. The predicted molar refractivity (Wildman–Crippen MR) is 104 cm³/mol. The number of hydrogen-bond acceptors (Lipinski definition) is 3. The van der Waals surface area contributed by atoms with Crippen molar-refractivity contribution in [2.45, 2.75) is 26.8 Å². The van der Waals surface area contributed by atoms with E-state index in [0.717, 1.165) is 0 Å². The standard InChI is InChI=1S/C17H23Cl2N3O2.ClH/c1-17(2,3)14(20)16(24)22-9-7-21(8-10-22)15(23)11-5-4-6-12(18)13(11)19;/h4-6,14H,7-10,20H2,1-3H3;1H/t14-;/m1./s1. The number of hydrogen-bond donors (Lipinski definition) is 1. The van der Waals surface area contributed by atoms with E-state index in [1.54, 1.807) is 28.0 Å². The Morgan fingerprint density at radius 3 is 2.12 bits per heavy atom. The molecule has 25 heavy (non-hydrogen) atoms. The van der Waals surface area contributed by atoms with Crippen LogP contribution in [-0.4, -0.2) is 53.8 Å². The summed E-state index contributed by atoms with van der Waals surface area (Å²) in [6, 6.07) is 4.44. The van der Waals surface area contributed by atoms with Crippen LogP contribution in [0.5, 0.6) is 0 Å². The quantitative estimate of drug-likeness (QED) is 0.818. The first kappa shape index (κ1) is 22.0. The highest BCUT2D eigenvalue weighted by atomic mass is 35.5. The number of nitrogens with zero attached hydrogens (tertiary/aromatic N) is 2. The van der Waals surface area contributed by atoms with Crippen molar-refractivity contribution in [3.8, 4) is 0 Å². The summed E-state index contributed by atoms with van der Waals surface area (Å²) in [6.45, 7) is 7.65. The summed E-state index contributed by atoms with van der Waals surface area (Å²) in [4.78, 5) is 28.5. The molecule has 8 heteroatoms. The molecule has 0 spiro atoms. The van der Waals surface area contributed by atoms with Crippen molar-refractivity contribution in [2.75, 3.05) is 26.2 Å². The monoisotopic (exact) mass is 407 g/mol. The van der Waals surface area contributed by atoms with Gasteiger partial charge in [-0.2, -0.15) is 0 Å². The summed E-state index contributed by atoms with van der Waals surface area (Å²) in [7, 11) is 0. The van der Waals surface area contributed by atoms with Gasteiger partial charge in [0.15, 0.2) is 0 Å². The van der Waals surface area contributed by atoms with Gasteiger partial charge in [0.1, 0.15) is 0 Å². The van der Waals surface area contributed by atoms with E-state index in [-0.39, 0.29) is 34.7 Å². The second-order valence-electron chi connectivity index (χ2n) is 7.06. The van der Waals surface area contributed by atoms with E-state index < -0.39 is 6.04 Å². The van der Waals surface area contributed by atoms with Crippen LogP contribution in [0.3, 0.4) is 0 Å². The third-order valence-electron chi connectivity index (χ3n) is 4.26. The van der Waals surface area contributed by atoms with Crippen molar-refractivity contribution < 1.29 is 9.59 Å². The van der Waals surface area contributed by atoms with E-state index in [1.807, 2.05) is 20.8 Å². The fourth-order valence-electron chi connectivity index (χ4n) is 2.54. The number of piperazine rings is 1. The van der Waals surface area contributed by atoms with Gasteiger partial charge < -0.3 is 15.5 Å². The molecule has 1 saturated heterocycles. The van der Waals surface area contributed by atoms with Crippen molar-refractivity contribution in [1.82, 2.24) is 9.80 Å². The van der Waals surface area contributed by atoms with Gasteiger partial charge in [-0.3, -0.25) is 9.59 Å². The van der Waals surface area contributed by atoms with Crippen LogP contribution in [-0.2, 0) is 4.79 Å². The van der Waals surface area contributed by atoms with Crippen molar-refractivity contribution in [3.63, 3.8) is 0 Å². The van der Waals surface area contributed by atoms with Gasteiger partial charge in [0.2, 0.25) is 5.91 Å². The molecule has 0 radical (unpaired) electrons. The highest BCUT2D eigenvalue weighted by Gasteiger charge is 2.33. The van der Waals surface area contributed by atoms with Gasteiger partial charge in [0.25, 0.3) is 5.91 Å². The normalized spacial score (nSPS) is 16.2. The molecule has 1 heterocycles. The van der Waals surface area contributed by atoms with Crippen LogP contribution in [0, 0.1) is 5.41 Å². The number of benzene rings is 1. The number of rotatable bonds is 2. The fourth-order valence-corrected chi connectivity index (χ4v) is 2.92. The van der Waals surface area contributed by atoms with Gasteiger partial charge in [-0.15, -0.1) is 12.4 Å². The number of halogens is 3. The Morgan fingerprint density at radius 2 is 1.60 bits per heavy atom. The molecular formula is C17H24Cl3N3O2. The van der Waals surface area contributed by atoms with Crippen LogP contribution in [0.15, 0.2) is 18.2 Å². The van der Waals surface area contributed by atoms with Crippen LogP contribution < -0.4 is 5.73 Å². The first-order chi connectivity index (χ1) is 11.1. The van der Waals surface area contributed by atoms with E-state index in [0.29, 0.717) is 36.8 Å². The summed E-state index contributed by atoms with van der Waals surface area (Å²) in [5, 5.41) is 0.616. The zero-order valence-electron chi connectivity index (χ0n) is 14.6. The molecule has 5 nitrogen and oxygen atoms in total. The van der Waals surface area contributed by atoms with Crippen LogP contribution >= 0.6 is 35.6 Å². The minimum atomic E-state index is -0.554. The lowest BCUT2D eigenvalue weighted by atomic mass is 9.86. The topological polar surface area (TPSA) is 66.6 Å². The van der Waals surface area contributed by atoms with Gasteiger partial charge >= 0.3 is 0 Å². The Hall–Kier alpha value is -1.01. The second kappa shape index (κ2) is 8.58. The SMILES string of the molecule is CC(C)(C)[C@H](N)C(=O)N1CCN(C(=O)c2cccc(Cl)c2Cl)CC1.Cl. The fraction of sp³-hybridized carbons (Fsp3) is 0.529. The van der Waals surface area contributed by atoms with E-state index in [2.05, 4.69) is 0 Å². The maximum atomic E-state index is 12.6. The lowest BCUT2D eigenvalue weighted by Gasteiger charge is -2.38. The molecule has 1 aliphatic rings. The molecule has 2 N–H and O–H groups in total. The number of carbonyl (C=O) groups excluding carboxylic acids is 2. The summed E-state index contributed by atoms with van der Waals surface area (Å²) >= 11 is 12.1. The minimum absolute atomic E-state index is 0. The third-order valence-corrected chi connectivity index (χ3v) is 5.08. The summed E-state index contributed by atoms with van der Waals surface area (Å²) in [5.41, 5.74) is 6.13. The van der Waals surface area contributed by atoms with Gasteiger partial charge in [0, 0.05) is 26.2 Å². The lowest BCUT2D eigenvalue weighted by molar-refractivity contribution is -0.136. The molecule has 140 valence electrons. The Bertz CT molecular complexity index is 639. The molecule has 0 unspecified atom stereocenters. The van der Waals surface area contributed by atoms with Gasteiger partial charge in [0.05, 0.1) is 21.7 Å². The molecule has 1 atom stereocenters. The maximum absolute atomic E-state index is 12.6. The molecule has 0 bridgehead atoms. The molecule has 2 amide bonds. The highest BCUT2D eigenvalue weighted by Crippen LogP contribution is 2.27. The molecular weight excluding hydrogens is 385 g/mol. The molecule has 1 aromatic rings. The Balaban J connectivity index is 0.00000312. The summed E-state index contributed by atoms with van der Waals surface area (Å²) in [6.07, 6.45) is 0. The largest absolute Gasteiger partial charge is 0.338 e. The molecule has 0 aliphatic carbocycles. The molecule has 2 rings (SSSR count). The first-order valence-electron chi connectivity index (χ1n) is 7.90. The Labute approximate surface area is 164 Å². The van der Waals surface area contributed by atoms with Gasteiger partial charge in [-0.25, -0.2) is 0 Å². The van der Waals surface area contributed by atoms with Crippen molar-refractivity contribution in [2.24, 2.45) is 11.1 Å². The number of amides is 2. The van der Waals surface area contributed by atoms with Crippen LogP contribution in [0.25, 0.3) is 0 Å². The van der Waals surface area contributed by atoms with E-state index in [4.69, 9.17) is 28.9 Å². The van der Waals surface area contributed by atoms with Crippen molar-refractivity contribution in [3.05, 3.63) is 33.8 Å². The van der Waals surface area contributed by atoms with E-state index >= 15 is 0 Å². The molecule has 0 saturated carbocycles. The zero-order valence-corrected chi connectivity index (χ0v) is 16.9. The zero-order chi connectivity index (χ0) is 18.1. The smallest absolute Gasteiger partial charge is 0.255 e. The van der Waals surface area contributed by atoms with Crippen LogP contribution in [0.2, 0.25) is 10.0 Å². The van der Waals surface area contributed by atoms with E-state index in [9.17, 15) is 9.59 Å². The Kier molecular flexibility index (Phi) is 7.56. The lowest BCUT2D eigenvalue weighted by Crippen LogP contribution is -2.57. The minimum Gasteiger partial charge on any atom is -0.338 e. The van der Waals surface area contributed by atoms with Crippen molar-refractivity contribution in [1.29, 1.82) is 0 Å². The van der Waals surface area contributed by atoms with Gasteiger partial charge in [-0.1, -0.05) is 50.0 Å². The number of nitrogens with two attached hydrogens (primary N) is 1. The predicted octanol–water partition coefficient (Wildman–Crippen LogP) is 3.07. The third kappa shape index (κ3) is 5.00. The van der Waals surface area contributed by atoms with Crippen LogP contribution in [0.4, 0.5) is 0 Å². The van der Waals surface area contributed by atoms with Crippen molar-refractivity contribution >= 4 is 47.4 Å². The summed E-state index contributed by atoms with van der Waals surface area (Å²) in [5.74, 6) is -0.245. The van der Waals surface area contributed by atoms with Crippen LogP contribution in [0.1, 0.15) is 31.1 Å². The number of carbonyl (C=O) groups is 2. The Morgan fingerprint density at radius 1 is 1.08 bits per heavy atom. The van der Waals surface area contributed by atoms with E-state index in [1.165, 1.54) is 0 Å². The second-order valence-corrected chi connectivity index (χ2v) is 7.85. The maximum Gasteiger partial charge on any atom is 0.255 e. The molecule has 0 aromatic heterocycles. The summed E-state index contributed by atoms with van der Waals surface area (Å²) < 4.78 is 0. The molecule has 1 aliphatic heterocycles.